The van der Waals surface area contributed by atoms with Gasteiger partial charge in [-0.15, -0.1) is 0 Å². The average Bonchev–Trinajstić information content (AvgIpc) is 2.34. The molecule has 2 rings (SSSR count). The van der Waals surface area contributed by atoms with E-state index in [0.29, 0.717) is 0 Å². The molecule has 2 aromatic heterocycles. The number of aryl methyl sites for hydroxylation is 2. The van der Waals surface area contributed by atoms with Gasteiger partial charge >= 0.3 is 0 Å². The monoisotopic (exact) mass is 229 g/mol. The fraction of sp³-hybridized carbons (Fsp3) is 0.250. The van der Waals surface area contributed by atoms with E-state index in [9.17, 15) is 0 Å². The van der Waals surface area contributed by atoms with Crippen molar-refractivity contribution in [1.29, 1.82) is 0 Å². The molecular weight excluding hydrogens is 214 g/mol. The fourth-order valence-corrected chi connectivity index (χ4v) is 1.79. The van der Waals surface area contributed by atoms with E-state index in [1.807, 2.05) is 20.0 Å². The van der Waals surface area contributed by atoms with E-state index in [0.717, 1.165) is 22.5 Å². The topological polar surface area (TPSA) is 76.7 Å². The largest absolute Gasteiger partial charge is 0.270 e. The fourth-order valence-electron chi connectivity index (χ4n) is 1.79. The normalized spacial score (nSPS) is 12.4. The number of hydrogen-bond acceptors (Lipinski definition) is 5. The van der Waals surface area contributed by atoms with Gasteiger partial charge in [-0.25, -0.2) is 5.43 Å². The lowest BCUT2D eigenvalue weighted by atomic mass is 10.0. The van der Waals surface area contributed by atoms with Gasteiger partial charge in [0.05, 0.1) is 17.6 Å². The average molecular weight is 229 g/mol. The van der Waals surface area contributed by atoms with E-state index in [2.05, 4.69) is 26.4 Å². The molecule has 5 heteroatoms. The van der Waals surface area contributed by atoms with Crippen molar-refractivity contribution in [1.82, 2.24) is 20.4 Å². The van der Waals surface area contributed by atoms with Crippen LogP contribution in [0.1, 0.15) is 28.6 Å². The van der Waals surface area contributed by atoms with Gasteiger partial charge in [0.1, 0.15) is 6.04 Å². The quantitative estimate of drug-likeness (QED) is 0.607. The van der Waals surface area contributed by atoms with Crippen LogP contribution in [0.3, 0.4) is 0 Å². The van der Waals surface area contributed by atoms with Crippen molar-refractivity contribution in [2.45, 2.75) is 19.9 Å². The summed E-state index contributed by atoms with van der Waals surface area (Å²) in [6.07, 6.45) is 6.78. The van der Waals surface area contributed by atoms with Gasteiger partial charge in [0.25, 0.3) is 0 Å². The van der Waals surface area contributed by atoms with Crippen LogP contribution in [0.25, 0.3) is 0 Å². The van der Waals surface area contributed by atoms with Gasteiger partial charge in [-0.3, -0.25) is 20.8 Å². The van der Waals surface area contributed by atoms with Crippen LogP contribution >= 0.6 is 0 Å². The molecule has 0 bridgehead atoms. The van der Waals surface area contributed by atoms with E-state index in [4.69, 9.17) is 5.84 Å². The van der Waals surface area contributed by atoms with Gasteiger partial charge in [0, 0.05) is 18.6 Å². The Bertz CT molecular complexity index is 498. The van der Waals surface area contributed by atoms with Gasteiger partial charge in [0.2, 0.25) is 0 Å². The van der Waals surface area contributed by atoms with Crippen molar-refractivity contribution < 1.29 is 0 Å². The molecule has 0 amide bonds. The van der Waals surface area contributed by atoms with Gasteiger partial charge in [-0.2, -0.15) is 0 Å². The van der Waals surface area contributed by atoms with E-state index in [-0.39, 0.29) is 6.04 Å². The number of nitrogens with zero attached hydrogens (tertiary/aromatic N) is 3. The van der Waals surface area contributed by atoms with Crippen LogP contribution in [0.2, 0.25) is 0 Å². The van der Waals surface area contributed by atoms with E-state index in [1.54, 1.807) is 18.6 Å². The van der Waals surface area contributed by atoms with Crippen LogP contribution in [-0.2, 0) is 0 Å². The molecule has 0 aliphatic heterocycles. The summed E-state index contributed by atoms with van der Waals surface area (Å²) in [6.45, 7) is 4.02. The molecule has 0 aliphatic carbocycles. The van der Waals surface area contributed by atoms with E-state index in [1.165, 1.54) is 0 Å². The third kappa shape index (κ3) is 2.46. The minimum Gasteiger partial charge on any atom is -0.270 e. The maximum absolute atomic E-state index is 5.59. The van der Waals surface area contributed by atoms with Crippen molar-refractivity contribution in [3.63, 3.8) is 0 Å². The molecule has 3 N–H and O–H groups in total. The Morgan fingerprint density at radius 3 is 2.59 bits per heavy atom. The summed E-state index contributed by atoms with van der Waals surface area (Å²) in [4.78, 5) is 12.7. The maximum Gasteiger partial charge on any atom is 0.107 e. The molecule has 0 fully saturated rings. The molecule has 17 heavy (non-hydrogen) atoms. The lowest BCUT2D eigenvalue weighted by Gasteiger charge is -2.16. The maximum atomic E-state index is 5.59. The summed E-state index contributed by atoms with van der Waals surface area (Å²) in [5.41, 5.74) is 6.57. The standard InChI is InChI=1S/C12H15N5/c1-8-5-9(2)11(16-6-8)12(17-13)10-7-14-3-4-15-10/h3-7,12,17H,13H2,1-2H3. The van der Waals surface area contributed by atoms with Crippen LogP contribution in [0.4, 0.5) is 0 Å². The molecule has 0 aromatic carbocycles. The molecule has 88 valence electrons. The molecule has 2 aromatic rings. The lowest BCUT2D eigenvalue weighted by molar-refractivity contribution is 0.599. The number of pyridine rings is 1. The summed E-state index contributed by atoms with van der Waals surface area (Å²) >= 11 is 0. The van der Waals surface area contributed by atoms with Crippen LogP contribution < -0.4 is 11.3 Å². The third-order valence-electron chi connectivity index (χ3n) is 2.57. The lowest BCUT2D eigenvalue weighted by Crippen LogP contribution is -2.30. The Labute approximate surface area is 100 Å². The highest BCUT2D eigenvalue weighted by molar-refractivity contribution is 5.30. The highest BCUT2D eigenvalue weighted by atomic mass is 15.2. The van der Waals surface area contributed by atoms with Crippen molar-refractivity contribution >= 4 is 0 Å². The first-order valence-electron chi connectivity index (χ1n) is 5.37. The first kappa shape index (κ1) is 11.6. The third-order valence-corrected chi connectivity index (χ3v) is 2.57. The van der Waals surface area contributed by atoms with Crippen molar-refractivity contribution in [2.24, 2.45) is 5.84 Å². The molecule has 0 aliphatic rings. The molecule has 0 saturated heterocycles. The van der Waals surface area contributed by atoms with E-state index < -0.39 is 0 Å². The minimum atomic E-state index is -0.232. The van der Waals surface area contributed by atoms with Gasteiger partial charge in [-0.05, 0) is 25.0 Å². The summed E-state index contributed by atoms with van der Waals surface area (Å²) in [5, 5.41) is 0. The van der Waals surface area contributed by atoms with Crippen molar-refractivity contribution in [2.75, 3.05) is 0 Å². The molecular formula is C12H15N5. The van der Waals surface area contributed by atoms with Crippen LogP contribution in [-0.4, -0.2) is 15.0 Å². The predicted octanol–water partition coefficient (Wildman–Crippen LogP) is 1.04. The molecule has 0 spiro atoms. The van der Waals surface area contributed by atoms with Crippen LogP contribution in [0.5, 0.6) is 0 Å². The smallest absolute Gasteiger partial charge is 0.107 e. The molecule has 2 heterocycles. The first-order valence-corrected chi connectivity index (χ1v) is 5.37. The number of nitrogens with two attached hydrogens (primary N) is 1. The Hall–Kier alpha value is -1.85. The number of aromatic nitrogens is 3. The molecule has 0 saturated carbocycles. The molecule has 5 nitrogen and oxygen atoms in total. The van der Waals surface area contributed by atoms with Crippen LogP contribution in [0, 0.1) is 13.8 Å². The number of hydrogen-bond donors (Lipinski definition) is 2. The number of hydrazine groups is 1. The Morgan fingerprint density at radius 1 is 1.18 bits per heavy atom. The Balaban J connectivity index is 2.42. The molecule has 0 radical (unpaired) electrons. The summed E-state index contributed by atoms with van der Waals surface area (Å²) in [6, 6.07) is 1.84. The minimum absolute atomic E-state index is 0.232. The summed E-state index contributed by atoms with van der Waals surface area (Å²) in [5.74, 6) is 5.59. The van der Waals surface area contributed by atoms with Gasteiger partial charge < -0.3 is 0 Å². The Kier molecular flexibility index (Phi) is 3.41. The molecule has 1 unspecified atom stereocenters. The zero-order valence-electron chi connectivity index (χ0n) is 9.88. The second-order valence-electron chi connectivity index (χ2n) is 3.94. The van der Waals surface area contributed by atoms with Gasteiger partial charge in [0.15, 0.2) is 0 Å². The number of nitrogens with one attached hydrogen (secondary N) is 1. The SMILES string of the molecule is Cc1cnc(C(NN)c2cnccn2)c(C)c1. The second-order valence-corrected chi connectivity index (χ2v) is 3.94. The van der Waals surface area contributed by atoms with Gasteiger partial charge in [-0.1, -0.05) is 6.07 Å². The highest BCUT2D eigenvalue weighted by Crippen LogP contribution is 2.20. The zero-order chi connectivity index (χ0) is 12.3. The Morgan fingerprint density at radius 2 is 2.00 bits per heavy atom. The van der Waals surface area contributed by atoms with Crippen molar-refractivity contribution in [3.8, 4) is 0 Å². The zero-order valence-corrected chi connectivity index (χ0v) is 9.88. The summed E-state index contributed by atoms with van der Waals surface area (Å²) in [7, 11) is 0. The first-order chi connectivity index (χ1) is 8.22. The van der Waals surface area contributed by atoms with Crippen molar-refractivity contribution in [3.05, 3.63) is 53.4 Å². The number of rotatable bonds is 3. The van der Waals surface area contributed by atoms with Crippen LogP contribution in [0.15, 0.2) is 30.9 Å². The summed E-state index contributed by atoms with van der Waals surface area (Å²) < 4.78 is 0. The predicted molar refractivity (Wildman–Crippen MR) is 64.9 cm³/mol. The highest BCUT2D eigenvalue weighted by Gasteiger charge is 2.17. The molecule has 1 atom stereocenters. The second kappa shape index (κ2) is 4.99. The van der Waals surface area contributed by atoms with E-state index >= 15 is 0 Å².